The lowest BCUT2D eigenvalue weighted by molar-refractivity contribution is -0.140. The highest BCUT2D eigenvalue weighted by Gasteiger charge is 2.35. The van der Waals surface area contributed by atoms with Gasteiger partial charge >= 0.3 is 6.18 Å². The van der Waals surface area contributed by atoms with Gasteiger partial charge in [-0.3, -0.25) is 4.79 Å². The van der Waals surface area contributed by atoms with Gasteiger partial charge < -0.3 is 4.90 Å². The van der Waals surface area contributed by atoms with Crippen LogP contribution in [0.4, 0.5) is 23.2 Å². The standard InChI is InChI=1S/C12H9Cl2F4NO/c1-2-5-19(11(20)10(13)14)7-3-4-9(15)8(6-7)12(16,17)18/h2-4,6,10H,1,5H2. The van der Waals surface area contributed by atoms with Crippen molar-refractivity contribution in [3.63, 3.8) is 0 Å². The van der Waals surface area contributed by atoms with Crippen LogP contribution in [0.3, 0.4) is 0 Å². The van der Waals surface area contributed by atoms with Crippen LogP contribution in [0.2, 0.25) is 0 Å². The van der Waals surface area contributed by atoms with E-state index in [1.807, 2.05) is 0 Å². The van der Waals surface area contributed by atoms with Crippen molar-refractivity contribution in [3.05, 3.63) is 42.2 Å². The fourth-order valence-electron chi connectivity index (χ4n) is 1.47. The molecule has 0 atom stereocenters. The minimum absolute atomic E-state index is 0.113. The number of rotatable bonds is 4. The Kier molecular flexibility index (Phi) is 5.42. The van der Waals surface area contributed by atoms with Crippen LogP contribution in [0.1, 0.15) is 5.56 Å². The largest absolute Gasteiger partial charge is 0.419 e. The third kappa shape index (κ3) is 3.86. The molecule has 0 heterocycles. The van der Waals surface area contributed by atoms with Crippen molar-refractivity contribution in [2.45, 2.75) is 11.0 Å². The Hall–Kier alpha value is -1.27. The van der Waals surface area contributed by atoms with E-state index in [4.69, 9.17) is 23.2 Å². The lowest BCUT2D eigenvalue weighted by atomic mass is 10.1. The van der Waals surface area contributed by atoms with Crippen molar-refractivity contribution in [1.29, 1.82) is 0 Å². The number of hydrogen-bond acceptors (Lipinski definition) is 1. The summed E-state index contributed by atoms with van der Waals surface area (Å²) in [5, 5.41) is 0. The van der Waals surface area contributed by atoms with Crippen LogP contribution in [0.5, 0.6) is 0 Å². The van der Waals surface area contributed by atoms with Crippen LogP contribution in [0.15, 0.2) is 30.9 Å². The second kappa shape index (κ2) is 6.45. The monoisotopic (exact) mass is 329 g/mol. The van der Waals surface area contributed by atoms with E-state index in [2.05, 4.69) is 6.58 Å². The average molecular weight is 330 g/mol. The van der Waals surface area contributed by atoms with Crippen molar-refractivity contribution in [3.8, 4) is 0 Å². The molecular formula is C12H9Cl2F4NO. The molecule has 0 saturated carbocycles. The molecule has 1 aromatic carbocycles. The topological polar surface area (TPSA) is 20.3 Å². The van der Waals surface area contributed by atoms with Gasteiger partial charge in [0.05, 0.1) is 5.56 Å². The number of anilines is 1. The third-order valence-corrected chi connectivity index (χ3v) is 2.70. The minimum atomic E-state index is -4.87. The predicted molar refractivity (Wildman–Crippen MR) is 69.4 cm³/mol. The number of hydrogen-bond donors (Lipinski definition) is 0. The summed E-state index contributed by atoms with van der Waals surface area (Å²) in [6.45, 7) is 3.27. The van der Waals surface area contributed by atoms with E-state index in [0.29, 0.717) is 12.1 Å². The first kappa shape index (κ1) is 16.8. The molecule has 110 valence electrons. The molecule has 0 spiro atoms. The first-order chi connectivity index (χ1) is 9.18. The van der Waals surface area contributed by atoms with E-state index in [-0.39, 0.29) is 12.2 Å². The highest BCUT2D eigenvalue weighted by atomic mass is 35.5. The molecule has 0 unspecified atom stereocenters. The molecule has 2 nitrogen and oxygen atoms in total. The summed E-state index contributed by atoms with van der Waals surface area (Å²) in [7, 11) is 0. The Morgan fingerprint density at radius 3 is 2.45 bits per heavy atom. The van der Waals surface area contributed by atoms with Gasteiger partial charge in [0, 0.05) is 12.2 Å². The number of carbonyl (C=O) groups excluding carboxylic acids is 1. The second-order valence-corrected chi connectivity index (χ2v) is 4.80. The zero-order valence-electron chi connectivity index (χ0n) is 9.92. The van der Waals surface area contributed by atoms with E-state index in [0.717, 1.165) is 11.0 Å². The molecule has 0 aliphatic carbocycles. The smallest absolute Gasteiger partial charge is 0.306 e. The molecule has 0 N–H and O–H groups in total. The van der Waals surface area contributed by atoms with Gasteiger partial charge in [-0.05, 0) is 18.2 Å². The molecule has 0 fully saturated rings. The number of nitrogens with zero attached hydrogens (tertiary/aromatic N) is 1. The lowest BCUT2D eigenvalue weighted by Crippen LogP contribution is -2.35. The van der Waals surface area contributed by atoms with Crippen LogP contribution < -0.4 is 4.90 Å². The molecule has 1 rings (SSSR count). The quantitative estimate of drug-likeness (QED) is 0.461. The Morgan fingerprint density at radius 1 is 1.40 bits per heavy atom. The number of amides is 1. The van der Waals surface area contributed by atoms with Gasteiger partial charge in [0.1, 0.15) is 5.82 Å². The molecule has 1 aromatic rings. The molecule has 20 heavy (non-hydrogen) atoms. The average Bonchev–Trinajstić information content (AvgIpc) is 2.34. The van der Waals surface area contributed by atoms with Crippen molar-refractivity contribution < 1.29 is 22.4 Å². The van der Waals surface area contributed by atoms with Gasteiger partial charge in [0.25, 0.3) is 5.91 Å². The SMILES string of the molecule is C=CCN(C(=O)C(Cl)Cl)c1ccc(F)c(C(F)(F)F)c1. The van der Waals surface area contributed by atoms with E-state index in [1.165, 1.54) is 6.08 Å². The van der Waals surface area contributed by atoms with Gasteiger partial charge in [0.2, 0.25) is 0 Å². The number of halogens is 6. The maximum atomic E-state index is 13.2. The first-order valence-electron chi connectivity index (χ1n) is 5.25. The van der Waals surface area contributed by atoms with Crippen LogP contribution in [0.25, 0.3) is 0 Å². The molecule has 8 heteroatoms. The third-order valence-electron chi connectivity index (χ3n) is 2.33. The Labute approximate surface area is 122 Å². The van der Waals surface area contributed by atoms with Gasteiger partial charge in [-0.15, -0.1) is 6.58 Å². The van der Waals surface area contributed by atoms with Gasteiger partial charge in [0.15, 0.2) is 4.84 Å². The first-order valence-corrected chi connectivity index (χ1v) is 6.13. The Balaban J connectivity index is 3.28. The summed E-state index contributed by atoms with van der Waals surface area (Å²) >= 11 is 10.8. The van der Waals surface area contributed by atoms with Crippen molar-refractivity contribution in [2.75, 3.05) is 11.4 Å². The van der Waals surface area contributed by atoms with Crippen molar-refractivity contribution >= 4 is 34.8 Å². The molecule has 1 amide bonds. The van der Waals surface area contributed by atoms with E-state index in [9.17, 15) is 22.4 Å². The molecule has 0 aliphatic heterocycles. The highest BCUT2D eigenvalue weighted by Crippen LogP contribution is 2.34. The van der Waals surface area contributed by atoms with Gasteiger partial charge in [-0.2, -0.15) is 13.2 Å². The van der Waals surface area contributed by atoms with E-state index in [1.54, 1.807) is 0 Å². The summed E-state index contributed by atoms with van der Waals surface area (Å²) in [4.78, 5) is 11.2. The number of alkyl halides is 5. The summed E-state index contributed by atoms with van der Waals surface area (Å²) in [6.07, 6.45) is -3.59. The lowest BCUT2D eigenvalue weighted by Gasteiger charge is -2.23. The molecule has 0 aliphatic rings. The van der Waals surface area contributed by atoms with E-state index < -0.39 is 28.3 Å². The van der Waals surface area contributed by atoms with Gasteiger partial charge in [-0.1, -0.05) is 29.3 Å². The van der Waals surface area contributed by atoms with Crippen molar-refractivity contribution in [2.24, 2.45) is 0 Å². The van der Waals surface area contributed by atoms with Crippen LogP contribution in [-0.4, -0.2) is 17.3 Å². The summed E-state index contributed by atoms with van der Waals surface area (Å²) in [6, 6.07) is 2.17. The van der Waals surface area contributed by atoms with Crippen LogP contribution in [0, 0.1) is 5.82 Å². The highest BCUT2D eigenvalue weighted by molar-refractivity contribution is 6.54. The Morgan fingerprint density at radius 2 is 2.00 bits per heavy atom. The normalized spacial score (nSPS) is 11.6. The van der Waals surface area contributed by atoms with Crippen LogP contribution in [-0.2, 0) is 11.0 Å². The molecule has 0 radical (unpaired) electrons. The molecule has 0 saturated heterocycles. The predicted octanol–water partition coefficient (Wildman–Crippen LogP) is 4.17. The van der Waals surface area contributed by atoms with E-state index >= 15 is 0 Å². The summed E-state index contributed by atoms with van der Waals surface area (Å²) in [5.74, 6) is -2.26. The summed E-state index contributed by atoms with van der Waals surface area (Å²) < 4.78 is 51.0. The van der Waals surface area contributed by atoms with Crippen LogP contribution >= 0.6 is 23.2 Å². The van der Waals surface area contributed by atoms with Gasteiger partial charge in [-0.25, -0.2) is 4.39 Å². The van der Waals surface area contributed by atoms with Crippen molar-refractivity contribution in [1.82, 2.24) is 0 Å². The second-order valence-electron chi connectivity index (χ2n) is 3.70. The zero-order chi connectivity index (χ0) is 15.5. The fraction of sp³-hybridized carbons (Fsp3) is 0.250. The molecule has 0 bridgehead atoms. The maximum absolute atomic E-state index is 13.2. The molecule has 0 aromatic heterocycles. The number of benzene rings is 1. The fourth-order valence-corrected chi connectivity index (χ4v) is 1.70. The maximum Gasteiger partial charge on any atom is 0.419 e. The zero-order valence-corrected chi connectivity index (χ0v) is 11.4. The molecular weight excluding hydrogens is 321 g/mol. The Bertz CT molecular complexity index is 517. The minimum Gasteiger partial charge on any atom is -0.306 e. The number of carbonyl (C=O) groups is 1. The summed E-state index contributed by atoms with van der Waals surface area (Å²) in [5.41, 5.74) is -1.65.